The summed E-state index contributed by atoms with van der Waals surface area (Å²) < 4.78 is 77.1. The van der Waals surface area contributed by atoms with Gasteiger partial charge in [-0.2, -0.15) is 0 Å². The maximum absolute atomic E-state index is 13.7. The van der Waals surface area contributed by atoms with Crippen LogP contribution in [0.1, 0.15) is 11.1 Å². The Bertz CT molecular complexity index is 2020. The van der Waals surface area contributed by atoms with Crippen molar-refractivity contribution in [3.63, 3.8) is 0 Å². The second-order valence-electron chi connectivity index (χ2n) is 10.1. The number of hydrogen-bond donors (Lipinski definition) is 0. The first-order valence-electron chi connectivity index (χ1n) is 14.0. The van der Waals surface area contributed by atoms with Crippen molar-refractivity contribution in [2.75, 3.05) is 0 Å². The van der Waals surface area contributed by atoms with Crippen LogP contribution in [0, 0.1) is 0 Å². The Hall–Kier alpha value is -2.87. The molecule has 0 spiro atoms. The summed E-state index contributed by atoms with van der Waals surface area (Å²) in [4.78, 5) is -0.0506. The number of benzene rings is 6. The van der Waals surface area contributed by atoms with Crippen LogP contribution < -0.4 is 5.29 Å². The molecule has 6 aromatic carbocycles. The fourth-order valence-corrected chi connectivity index (χ4v) is 16.6. The van der Waals surface area contributed by atoms with Crippen molar-refractivity contribution in [1.29, 1.82) is 0 Å². The van der Waals surface area contributed by atoms with Crippen LogP contribution in [0.15, 0.2) is 143 Å². The van der Waals surface area contributed by atoms with Gasteiger partial charge in [0, 0.05) is 0 Å². The number of hydrogen-bond acceptors (Lipinski definition) is 8. The monoisotopic (exact) mass is 1020 g/mol. The molecule has 45 heavy (non-hydrogen) atoms. The van der Waals surface area contributed by atoms with Crippen LogP contribution in [-0.2, 0) is 81.8 Å². The van der Waals surface area contributed by atoms with Crippen LogP contribution in [0.25, 0.3) is 21.5 Å². The summed E-state index contributed by atoms with van der Waals surface area (Å²) in [5.41, 5.74) is 0.803. The molecule has 0 unspecified atom stereocenters. The summed E-state index contributed by atoms with van der Waals surface area (Å²) in [6.07, 6.45) is -0.00161. The van der Waals surface area contributed by atoms with Crippen LogP contribution in [0.4, 0.5) is 0 Å². The normalized spacial score (nSPS) is 11.6. The Morgan fingerprint density at radius 1 is 0.444 bits per heavy atom. The predicted molar refractivity (Wildman–Crippen MR) is 161 cm³/mol. The second kappa shape index (κ2) is 14.3. The van der Waals surface area contributed by atoms with Crippen molar-refractivity contribution in [3.05, 3.63) is 145 Å². The Morgan fingerprint density at radius 3 is 1.16 bits per heavy atom. The second-order valence-corrected chi connectivity index (χ2v) is 22.8. The third kappa shape index (κ3) is 7.93. The van der Waals surface area contributed by atoms with E-state index in [1.165, 1.54) is 0 Å². The van der Waals surface area contributed by atoms with Crippen molar-refractivity contribution in [2.45, 2.75) is 16.2 Å². The average molecular weight is 1010 g/mol. The van der Waals surface area contributed by atoms with E-state index in [9.17, 15) is 16.8 Å². The maximum atomic E-state index is 13.7. The van der Waals surface area contributed by atoms with E-state index in [2.05, 4.69) is 0 Å². The fraction of sp³-hybridized carbons (Fsp3) is 0.0303. The molecule has 12 heteroatoms. The Labute approximate surface area is 288 Å². The van der Waals surface area contributed by atoms with Gasteiger partial charge in [-0.15, -0.1) is 0 Å². The average Bonchev–Trinajstić information content (AvgIpc) is 3.05. The molecular formula is C33H24Hg2O8S2. The number of rotatable bonds is 12. The SMILES string of the molecule is O=S(=O)([O][Hg][O]c1ccccc1)c1cc2ccccc2cc1Cc1cc2ccccc2cc1S(=O)(=O)[O][Hg][O]c1ccccc1. The summed E-state index contributed by atoms with van der Waals surface area (Å²) in [6.45, 7) is 0. The van der Waals surface area contributed by atoms with E-state index in [0.29, 0.717) is 33.4 Å². The third-order valence-corrected chi connectivity index (χ3v) is 22.8. The first kappa shape index (κ1) is 32.1. The molecule has 0 saturated heterocycles. The number of fused-ring (bicyclic) bond motifs is 2. The van der Waals surface area contributed by atoms with E-state index >= 15 is 0 Å². The van der Waals surface area contributed by atoms with Gasteiger partial charge < -0.3 is 0 Å². The van der Waals surface area contributed by atoms with Gasteiger partial charge >= 0.3 is 291 Å². The zero-order valence-electron chi connectivity index (χ0n) is 23.9. The van der Waals surface area contributed by atoms with Gasteiger partial charge in [0.2, 0.25) is 0 Å². The minimum absolute atomic E-state index is 0.00161. The molecule has 0 fully saturated rings. The molecule has 0 aromatic heterocycles. The van der Waals surface area contributed by atoms with E-state index in [1.54, 1.807) is 72.8 Å². The van der Waals surface area contributed by atoms with Gasteiger partial charge in [-0.3, -0.25) is 0 Å². The molecule has 0 atom stereocenters. The molecule has 0 aliphatic heterocycles. The van der Waals surface area contributed by atoms with Crippen molar-refractivity contribution in [1.82, 2.24) is 0 Å². The summed E-state index contributed by atoms with van der Waals surface area (Å²) >= 11 is -5.68. The summed E-state index contributed by atoms with van der Waals surface area (Å²) in [7, 11) is -8.45. The molecule has 0 N–H and O–H groups in total. The molecule has 0 saturated carbocycles. The molecule has 220 valence electrons. The first-order valence-corrected chi connectivity index (χ1v) is 25.8. The Kier molecular flexibility index (Phi) is 10.2. The third-order valence-electron chi connectivity index (χ3n) is 7.12. The van der Waals surface area contributed by atoms with E-state index in [4.69, 9.17) is 9.47 Å². The van der Waals surface area contributed by atoms with Crippen LogP contribution in [0.5, 0.6) is 11.5 Å². The van der Waals surface area contributed by atoms with Crippen molar-refractivity contribution >= 4 is 41.8 Å². The quantitative estimate of drug-likeness (QED) is 0.121. The van der Waals surface area contributed by atoms with Gasteiger partial charge in [0.1, 0.15) is 0 Å². The molecule has 6 aromatic rings. The molecule has 0 bridgehead atoms. The molecule has 0 aliphatic carbocycles. The molecule has 8 nitrogen and oxygen atoms in total. The molecule has 0 aliphatic rings. The van der Waals surface area contributed by atoms with Crippen molar-refractivity contribution < 1.29 is 77.3 Å². The minimum atomic E-state index is -4.22. The van der Waals surface area contributed by atoms with Gasteiger partial charge in [-0.05, 0) is 0 Å². The zero-order chi connectivity index (χ0) is 31.3. The molecular weight excluding hydrogens is 990 g/mol. The van der Waals surface area contributed by atoms with Gasteiger partial charge in [0.15, 0.2) is 0 Å². The molecule has 6 rings (SSSR count). The summed E-state index contributed by atoms with van der Waals surface area (Å²) in [6, 6.07) is 39.4. The number of para-hydroxylation sites is 2. The molecule has 0 heterocycles. The topological polar surface area (TPSA) is 105 Å². The van der Waals surface area contributed by atoms with Gasteiger partial charge in [-0.1, -0.05) is 0 Å². The zero-order valence-corrected chi connectivity index (χ0v) is 36.5. The van der Waals surface area contributed by atoms with Crippen LogP contribution in [-0.4, -0.2) is 16.8 Å². The standard InChI is InChI=1S/C21H16O6S2.2C6H6O.2Hg/c22-28(23,24)20-12-16-7-3-1-5-14(16)9-18(20)11-19-10-15-6-2-4-8-17(15)13-21(19)29(25,26)27;2*7-6-4-2-1-3-5-6;;/h1-10,12-13H,11H2,(H,22,23,24)(H,25,26,27);2*1-5,7H;;/q;;;2*+2/p-4. The van der Waals surface area contributed by atoms with Crippen LogP contribution in [0.3, 0.4) is 0 Å². The van der Waals surface area contributed by atoms with Crippen molar-refractivity contribution in [3.8, 4) is 11.5 Å². The first-order chi connectivity index (χ1) is 21.8. The molecule has 0 radical (unpaired) electrons. The Balaban J connectivity index is 1.37. The van der Waals surface area contributed by atoms with E-state index in [1.807, 2.05) is 60.7 Å². The summed E-state index contributed by atoms with van der Waals surface area (Å²) in [5.74, 6) is 1.11. The van der Waals surface area contributed by atoms with Gasteiger partial charge in [0.25, 0.3) is 0 Å². The Morgan fingerprint density at radius 2 is 0.778 bits per heavy atom. The van der Waals surface area contributed by atoms with E-state index in [0.717, 1.165) is 10.8 Å². The van der Waals surface area contributed by atoms with Crippen molar-refractivity contribution in [2.24, 2.45) is 0 Å². The van der Waals surface area contributed by atoms with E-state index < -0.39 is 71.2 Å². The predicted octanol–water partition coefficient (Wildman–Crippen LogP) is 6.98. The van der Waals surface area contributed by atoms with Crippen LogP contribution in [0.2, 0.25) is 0 Å². The van der Waals surface area contributed by atoms with Gasteiger partial charge in [-0.25, -0.2) is 0 Å². The summed E-state index contributed by atoms with van der Waals surface area (Å²) in [5, 5.41) is 3.05. The van der Waals surface area contributed by atoms with Crippen LogP contribution >= 0.6 is 0 Å². The van der Waals surface area contributed by atoms with Gasteiger partial charge in [0.05, 0.1) is 0 Å². The van der Waals surface area contributed by atoms with E-state index in [-0.39, 0.29) is 16.2 Å². The molecule has 0 amide bonds. The fourth-order valence-electron chi connectivity index (χ4n) is 4.95.